The van der Waals surface area contributed by atoms with Crippen LogP contribution in [0.5, 0.6) is 5.75 Å². The molecule has 1 aromatic heterocycles. The zero-order chi connectivity index (χ0) is 11.5. The fourth-order valence-corrected chi connectivity index (χ4v) is 1.21. The summed E-state index contributed by atoms with van der Waals surface area (Å²) in [6, 6.07) is 8.51. The van der Waals surface area contributed by atoms with E-state index in [1.165, 1.54) is 6.07 Å². The van der Waals surface area contributed by atoms with E-state index in [9.17, 15) is 4.79 Å². The lowest BCUT2D eigenvalue weighted by Gasteiger charge is -2.04. The van der Waals surface area contributed by atoms with Gasteiger partial charge in [-0.1, -0.05) is 23.4 Å². The van der Waals surface area contributed by atoms with Gasteiger partial charge in [-0.3, -0.25) is 0 Å². The highest BCUT2D eigenvalue weighted by atomic mass is 16.6. The number of carbonyl (C=O) groups is 1. The Morgan fingerprint density at radius 3 is 2.81 bits per heavy atom. The van der Waals surface area contributed by atoms with Crippen molar-refractivity contribution in [3.8, 4) is 5.75 Å². The molecule has 2 rings (SSSR count). The van der Waals surface area contributed by atoms with Crippen molar-refractivity contribution in [1.82, 2.24) is 5.16 Å². The first kappa shape index (κ1) is 10.2. The molecule has 0 fully saturated rings. The number of aromatic nitrogens is 1. The van der Waals surface area contributed by atoms with Gasteiger partial charge in [-0.15, -0.1) is 0 Å². The Bertz CT molecular complexity index is 519. The van der Waals surface area contributed by atoms with Gasteiger partial charge in [0.05, 0.1) is 0 Å². The molecule has 1 heterocycles. The van der Waals surface area contributed by atoms with E-state index < -0.39 is 5.97 Å². The van der Waals surface area contributed by atoms with Crippen molar-refractivity contribution in [1.29, 1.82) is 0 Å². The minimum Gasteiger partial charge on any atom is -0.420 e. The van der Waals surface area contributed by atoms with E-state index in [0.29, 0.717) is 5.75 Å². The number of nitrogens with zero attached hydrogens (tertiary/aromatic N) is 1. The summed E-state index contributed by atoms with van der Waals surface area (Å²) in [5.74, 6) is 0.0125. The van der Waals surface area contributed by atoms with Gasteiger partial charge in [-0.2, -0.15) is 0 Å². The quantitative estimate of drug-likeness (QED) is 0.614. The molecular weight excluding hydrogens is 208 g/mol. The van der Waals surface area contributed by atoms with Gasteiger partial charge >= 0.3 is 5.97 Å². The highest BCUT2D eigenvalue weighted by molar-refractivity contribution is 5.88. The third-order valence-corrected chi connectivity index (χ3v) is 2.03. The van der Waals surface area contributed by atoms with Gasteiger partial charge in [0.1, 0.15) is 5.75 Å². The Kier molecular flexibility index (Phi) is 2.59. The Labute approximate surface area is 91.8 Å². The predicted octanol–water partition coefficient (Wildman–Crippen LogP) is 1.78. The molecule has 0 unspecified atom stereocenters. The first-order chi connectivity index (χ1) is 7.66. The normalized spacial score (nSPS) is 10.1. The molecule has 0 spiro atoms. The maximum Gasteiger partial charge on any atom is 0.382 e. The maximum atomic E-state index is 11.6. The monoisotopic (exact) mass is 218 g/mol. The van der Waals surface area contributed by atoms with Crippen molar-refractivity contribution in [2.24, 2.45) is 0 Å². The maximum absolute atomic E-state index is 11.6. The molecule has 0 aliphatic carbocycles. The van der Waals surface area contributed by atoms with E-state index in [-0.39, 0.29) is 11.6 Å². The predicted molar refractivity (Wildman–Crippen MR) is 57.1 cm³/mol. The third-order valence-electron chi connectivity index (χ3n) is 2.03. The Morgan fingerprint density at radius 2 is 2.19 bits per heavy atom. The molecule has 0 saturated heterocycles. The van der Waals surface area contributed by atoms with Crippen LogP contribution >= 0.6 is 0 Å². The number of nitrogen functional groups attached to an aromatic ring is 1. The van der Waals surface area contributed by atoms with Crippen molar-refractivity contribution >= 4 is 11.8 Å². The number of hydrogen-bond acceptors (Lipinski definition) is 5. The van der Waals surface area contributed by atoms with Crippen molar-refractivity contribution in [2.75, 3.05) is 5.73 Å². The van der Waals surface area contributed by atoms with E-state index in [1.807, 2.05) is 19.1 Å². The second-order valence-corrected chi connectivity index (χ2v) is 3.27. The van der Waals surface area contributed by atoms with Crippen LogP contribution in [-0.2, 0) is 0 Å². The van der Waals surface area contributed by atoms with Gasteiger partial charge in [-0.25, -0.2) is 4.79 Å². The Balaban J connectivity index is 2.17. The summed E-state index contributed by atoms with van der Waals surface area (Å²) in [6.07, 6.45) is 0. The van der Waals surface area contributed by atoms with E-state index >= 15 is 0 Å². The molecule has 0 atom stereocenters. The topological polar surface area (TPSA) is 78.4 Å². The van der Waals surface area contributed by atoms with Gasteiger partial charge in [0, 0.05) is 6.07 Å². The van der Waals surface area contributed by atoms with E-state index in [4.69, 9.17) is 10.5 Å². The zero-order valence-corrected chi connectivity index (χ0v) is 8.64. The molecule has 2 aromatic rings. The lowest BCUT2D eigenvalue weighted by molar-refractivity contribution is 0.0690. The molecule has 0 amide bonds. The first-order valence-electron chi connectivity index (χ1n) is 4.67. The molecule has 82 valence electrons. The number of anilines is 1. The van der Waals surface area contributed by atoms with Gasteiger partial charge in [-0.05, 0) is 18.6 Å². The van der Waals surface area contributed by atoms with E-state index in [1.54, 1.807) is 12.1 Å². The number of carbonyl (C=O) groups excluding carboxylic acids is 1. The summed E-state index contributed by atoms with van der Waals surface area (Å²) < 4.78 is 9.80. The Morgan fingerprint density at radius 1 is 1.44 bits per heavy atom. The number of esters is 1. The van der Waals surface area contributed by atoms with Crippen LogP contribution in [0.1, 0.15) is 16.1 Å². The van der Waals surface area contributed by atoms with Crippen LogP contribution in [0.2, 0.25) is 0 Å². The zero-order valence-electron chi connectivity index (χ0n) is 8.64. The summed E-state index contributed by atoms with van der Waals surface area (Å²) >= 11 is 0. The summed E-state index contributed by atoms with van der Waals surface area (Å²) in [7, 11) is 0. The number of para-hydroxylation sites is 1. The fraction of sp³-hybridized carbons (Fsp3) is 0.0909. The summed E-state index contributed by atoms with van der Waals surface area (Å²) in [5, 5.41) is 3.40. The second kappa shape index (κ2) is 4.06. The van der Waals surface area contributed by atoms with Crippen LogP contribution in [0.25, 0.3) is 0 Å². The average molecular weight is 218 g/mol. The van der Waals surface area contributed by atoms with Crippen LogP contribution in [0.4, 0.5) is 5.82 Å². The summed E-state index contributed by atoms with van der Waals surface area (Å²) in [5.41, 5.74) is 6.19. The largest absolute Gasteiger partial charge is 0.420 e. The standard InChI is InChI=1S/C11H10N2O3/c1-7-4-2-3-5-8(7)15-11(14)9-6-10(12)13-16-9/h2-6H,1H3,(H2,12,13). The Hall–Kier alpha value is -2.30. The van der Waals surface area contributed by atoms with Crippen molar-refractivity contribution in [3.05, 3.63) is 41.7 Å². The smallest absolute Gasteiger partial charge is 0.382 e. The van der Waals surface area contributed by atoms with Crippen LogP contribution in [0, 0.1) is 6.92 Å². The lowest BCUT2D eigenvalue weighted by atomic mass is 10.2. The number of hydrogen-bond donors (Lipinski definition) is 1. The molecule has 0 radical (unpaired) electrons. The molecule has 0 aliphatic heterocycles. The number of rotatable bonds is 2. The van der Waals surface area contributed by atoms with Crippen LogP contribution in [0.3, 0.4) is 0 Å². The second-order valence-electron chi connectivity index (χ2n) is 3.27. The number of aryl methyl sites for hydroxylation is 1. The molecule has 0 bridgehead atoms. The van der Waals surface area contributed by atoms with Crippen molar-refractivity contribution in [3.63, 3.8) is 0 Å². The SMILES string of the molecule is Cc1ccccc1OC(=O)c1cc(N)no1. The van der Waals surface area contributed by atoms with Crippen molar-refractivity contribution < 1.29 is 14.1 Å². The molecule has 5 nitrogen and oxygen atoms in total. The van der Waals surface area contributed by atoms with Gasteiger partial charge in [0.2, 0.25) is 5.76 Å². The molecule has 16 heavy (non-hydrogen) atoms. The lowest BCUT2D eigenvalue weighted by Crippen LogP contribution is -2.08. The molecule has 1 aromatic carbocycles. The highest BCUT2D eigenvalue weighted by Gasteiger charge is 2.15. The first-order valence-corrected chi connectivity index (χ1v) is 4.67. The molecule has 2 N–H and O–H groups in total. The molecular formula is C11H10N2O3. The van der Waals surface area contributed by atoms with Gasteiger partial charge in [0.15, 0.2) is 5.82 Å². The minimum atomic E-state index is -0.612. The van der Waals surface area contributed by atoms with E-state index in [0.717, 1.165) is 5.56 Å². The fourth-order valence-electron chi connectivity index (χ4n) is 1.21. The number of benzene rings is 1. The number of nitrogens with two attached hydrogens (primary N) is 1. The van der Waals surface area contributed by atoms with Crippen LogP contribution in [0.15, 0.2) is 34.9 Å². The van der Waals surface area contributed by atoms with Crippen LogP contribution in [-0.4, -0.2) is 11.1 Å². The highest BCUT2D eigenvalue weighted by Crippen LogP contribution is 2.18. The average Bonchev–Trinajstić information content (AvgIpc) is 2.68. The van der Waals surface area contributed by atoms with Gasteiger partial charge < -0.3 is 15.0 Å². The summed E-state index contributed by atoms with van der Waals surface area (Å²) in [4.78, 5) is 11.6. The van der Waals surface area contributed by atoms with Crippen molar-refractivity contribution in [2.45, 2.75) is 6.92 Å². The summed E-state index contributed by atoms with van der Waals surface area (Å²) in [6.45, 7) is 1.84. The third kappa shape index (κ3) is 2.03. The minimum absolute atomic E-state index is 0.0132. The van der Waals surface area contributed by atoms with Gasteiger partial charge in [0.25, 0.3) is 0 Å². The molecule has 0 saturated carbocycles. The molecule has 5 heteroatoms. The van der Waals surface area contributed by atoms with Crippen LogP contribution < -0.4 is 10.5 Å². The molecule has 0 aliphatic rings. The number of ether oxygens (including phenoxy) is 1. The van der Waals surface area contributed by atoms with E-state index in [2.05, 4.69) is 9.68 Å².